The first kappa shape index (κ1) is 13.3. The molecule has 2 nitrogen and oxygen atoms in total. The fourth-order valence-corrected chi connectivity index (χ4v) is 1.68. The van der Waals surface area contributed by atoms with Gasteiger partial charge in [-0.2, -0.15) is 0 Å². The van der Waals surface area contributed by atoms with Crippen LogP contribution in [0.2, 0.25) is 0 Å². The third kappa shape index (κ3) is 2.47. The van der Waals surface area contributed by atoms with Crippen LogP contribution in [0.4, 0.5) is 0 Å². The highest BCUT2D eigenvalue weighted by Gasteiger charge is 2.53. The van der Waals surface area contributed by atoms with E-state index in [1.165, 1.54) is 0 Å². The van der Waals surface area contributed by atoms with Gasteiger partial charge in [-0.1, -0.05) is 30.3 Å². The van der Waals surface area contributed by atoms with E-state index >= 15 is 0 Å². The Morgan fingerprint density at radius 2 is 1.94 bits per heavy atom. The predicted molar refractivity (Wildman–Crippen MR) is 69.2 cm³/mol. The molecule has 1 rings (SSSR count). The van der Waals surface area contributed by atoms with Crippen molar-refractivity contribution in [2.45, 2.75) is 45.3 Å². The van der Waals surface area contributed by atoms with Gasteiger partial charge in [0.15, 0.2) is 0 Å². The maximum atomic E-state index is 5.96. The van der Waals surface area contributed by atoms with E-state index in [0.29, 0.717) is 0 Å². The molecule has 3 heteroatoms. The fraction of sp³-hybridized carbons (Fsp3) is 0.538. The van der Waals surface area contributed by atoms with E-state index in [2.05, 4.69) is 40.0 Å². The minimum absolute atomic E-state index is 0.294. The van der Waals surface area contributed by atoms with E-state index in [0.717, 1.165) is 11.9 Å². The number of hydrogen-bond acceptors (Lipinski definition) is 2. The van der Waals surface area contributed by atoms with E-state index in [1.54, 1.807) is 6.08 Å². The van der Waals surface area contributed by atoms with Crippen LogP contribution in [0.15, 0.2) is 36.9 Å². The molecule has 0 radical (unpaired) electrons. The topological polar surface area (TPSA) is 18.5 Å². The van der Waals surface area contributed by atoms with Crippen LogP contribution in [0, 0.1) is 0 Å². The van der Waals surface area contributed by atoms with Crippen LogP contribution >= 0.6 is 0 Å². The Hall–Kier alpha value is -0.795. The molecule has 1 saturated heterocycles. The summed E-state index contributed by atoms with van der Waals surface area (Å²) in [5.74, 6) is 0. The Bertz CT molecular complexity index is 320. The lowest BCUT2D eigenvalue weighted by atomic mass is 9.81. The van der Waals surface area contributed by atoms with Crippen LogP contribution in [0.3, 0.4) is 0 Å². The van der Waals surface area contributed by atoms with Gasteiger partial charge in [0, 0.05) is 0 Å². The van der Waals surface area contributed by atoms with Crippen molar-refractivity contribution in [3.63, 3.8) is 0 Å². The van der Waals surface area contributed by atoms with E-state index in [-0.39, 0.29) is 18.3 Å². The Kier molecular flexibility index (Phi) is 3.82. The Balaban J connectivity index is 2.82. The summed E-state index contributed by atoms with van der Waals surface area (Å²) in [7, 11) is -0.294. The molecule has 0 aromatic heterocycles. The van der Waals surface area contributed by atoms with Crippen molar-refractivity contribution >= 4 is 7.12 Å². The second-order valence-corrected chi connectivity index (χ2v) is 5.02. The van der Waals surface area contributed by atoms with Gasteiger partial charge in [-0.15, -0.1) is 6.58 Å². The minimum Gasteiger partial charge on any atom is -0.400 e. The van der Waals surface area contributed by atoms with Crippen LogP contribution in [-0.4, -0.2) is 18.3 Å². The molecule has 0 aliphatic carbocycles. The zero-order chi connectivity index (χ0) is 12.4. The highest BCUT2D eigenvalue weighted by Crippen LogP contribution is 2.41. The minimum atomic E-state index is -0.323. The Morgan fingerprint density at radius 3 is 2.38 bits per heavy atom. The number of rotatable bonds is 4. The van der Waals surface area contributed by atoms with Gasteiger partial charge in [-0.3, -0.25) is 0 Å². The lowest BCUT2D eigenvalue weighted by Crippen LogP contribution is -2.44. The molecular formula is C13H21BO2. The van der Waals surface area contributed by atoms with Crippen LogP contribution < -0.4 is 0 Å². The summed E-state index contributed by atoms with van der Waals surface area (Å²) < 4.78 is 11.8. The summed E-state index contributed by atoms with van der Waals surface area (Å²) in [4.78, 5) is 0. The molecule has 1 heterocycles. The molecular weight excluding hydrogens is 199 g/mol. The van der Waals surface area contributed by atoms with Crippen molar-refractivity contribution in [1.82, 2.24) is 0 Å². The number of allylic oxidation sites excluding steroid dienone is 3. The van der Waals surface area contributed by atoms with Crippen molar-refractivity contribution in [3.8, 4) is 0 Å². The second kappa shape index (κ2) is 4.60. The number of hydrogen-bond donors (Lipinski definition) is 0. The normalized spacial score (nSPS) is 28.6. The predicted octanol–water partition coefficient (Wildman–Crippen LogP) is 3.31. The molecule has 1 fully saturated rings. The molecule has 0 N–H and O–H groups in total. The van der Waals surface area contributed by atoms with Gasteiger partial charge in [-0.05, 0) is 34.1 Å². The lowest BCUT2D eigenvalue weighted by molar-refractivity contribution is -0.00674. The SMILES string of the molecule is C=CC=CCC1(C)OB(C(=C)C)OC1(C)C. The van der Waals surface area contributed by atoms with Gasteiger partial charge in [0.05, 0.1) is 11.2 Å². The molecule has 0 aromatic rings. The summed E-state index contributed by atoms with van der Waals surface area (Å²) in [5.41, 5.74) is 0.266. The monoisotopic (exact) mass is 220 g/mol. The van der Waals surface area contributed by atoms with Crippen LogP contribution in [0.1, 0.15) is 34.1 Å². The van der Waals surface area contributed by atoms with E-state index in [9.17, 15) is 0 Å². The first-order valence-electron chi connectivity index (χ1n) is 5.61. The van der Waals surface area contributed by atoms with Crippen LogP contribution in [0.5, 0.6) is 0 Å². The van der Waals surface area contributed by atoms with Gasteiger partial charge in [0.2, 0.25) is 0 Å². The molecule has 0 spiro atoms. The summed E-state index contributed by atoms with van der Waals surface area (Å²) in [6.07, 6.45) is 6.55. The van der Waals surface area contributed by atoms with Gasteiger partial charge < -0.3 is 9.31 Å². The smallest absolute Gasteiger partial charge is 0.400 e. The van der Waals surface area contributed by atoms with E-state index in [4.69, 9.17) is 9.31 Å². The van der Waals surface area contributed by atoms with Gasteiger partial charge in [0.1, 0.15) is 0 Å². The summed E-state index contributed by atoms with van der Waals surface area (Å²) in [5, 5.41) is 0. The highest BCUT2D eigenvalue weighted by atomic mass is 16.7. The van der Waals surface area contributed by atoms with Crippen molar-refractivity contribution in [1.29, 1.82) is 0 Å². The zero-order valence-corrected chi connectivity index (χ0v) is 10.7. The molecule has 1 atom stereocenters. The van der Waals surface area contributed by atoms with E-state index in [1.807, 2.05) is 13.0 Å². The quantitative estimate of drug-likeness (QED) is 0.534. The van der Waals surface area contributed by atoms with E-state index < -0.39 is 0 Å². The largest absolute Gasteiger partial charge is 0.489 e. The molecule has 0 bridgehead atoms. The summed E-state index contributed by atoms with van der Waals surface area (Å²) in [6, 6.07) is 0. The molecule has 16 heavy (non-hydrogen) atoms. The summed E-state index contributed by atoms with van der Waals surface area (Å²) >= 11 is 0. The van der Waals surface area contributed by atoms with Gasteiger partial charge in [0.25, 0.3) is 0 Å². The van der Waals surface area contributed by atoms with Gasteiger partial charge >= 0.3 is 7.12 Å². The average Bonchev–Trinajstić information content (AvgIpc) is 2.39. The standard InChI is InChI=1S/C13H21BO2/c1-7-8-9-10-13(6)12(4,5)15-14(16-13)11(2)3/h7-9H,1-2,10H2,3-6H3. The average molecular weight is 220 g/mol. The molecule has 0 amide bonds. The van der Waals surface area contributed by atoms with Crippen LogP contribution in [-0.2, 0) is 9.31 Å². The maximum Gasteiger partial charge on any atom is 0.489 e. The van der Waals surface area contributed by atoms with Crippen LogP contribution in [0.25, 0.3) is 0 Å². The lowest BCUT2D eigenvalue weighted by Gasteiger charge is -2.35. The van der Waals surface area contributed by atoms with Crippen molar-refractivity contribution < 1.29 is 9.31 Å². The maximum absolute atomic E-state index is 5.96. The molecule has 1 aliphatic rings. The second-order valence-electron chi connectivity index (χ2n) is 5.02. The molecule has 1 unspecified atom stereocenters. The third-order valence-corrected chi connectivity index (χ3v) is 3.22. The summed E-state index contributed by atoms with van der Waals surface area (Å²) in [6.45, 7) is 15.6. The highest BCUT2D eigenvalue weighted by molar-refractivity contribution is 6.54. The van der Waals surface area contributed by atoms with Crippen molar-refractivity contribution in [2.75, 3.05) is 0 Å². The molecule has 0 saturated carbocycles. The third-order valence-electron chi connectivity index (χ3n) is 3.22. The fourth-order valence-electron chi connectivity index (χ4n) is 1.68. The zero-order valence-electron chi connectivity index (χ0n) is 10.7. The Labute approximate surface area is 99.2 Å². The molecule has 1 aliphatic heterocycles. The molecule has 88 valence electrons. The van der Waals surface area contributed by atoms with Crippen molar-refractivity contribution in [2.24, 2.45) is 0 Å². The first-order valence-corrected chi connectivity index (χ1v) is 5.61. The van der Waals surface area contributed by atoms with Gasteiger partial charge in [-0.25, -0.2) is 0 Å². The first-order chi connectivity index (χ1) is 7.32. The van der Waals surface area contributed by atoms with Crippen molar-refractivity contribution in [3.05, 3.63) is 36.9 Å². The Morgan fingerprint density at radius 1 is 1.31 bits per heavy atom. The molecule has 0 aromatic carbocycles.